The van der Waals surface area contributed by atoms with E-state index in [9.17, 15) is 0 Å². The molecule has 0 aromatic rings. The fourth-order valence-electron chi connectivity index (χ4n) is 0. The average Bonchev–Trinajstić information content (AvgIpc) is 2.40. The monoisotopic (exact) mass is 375 g/mol. The van der Waals surface area contributed by atoms with Crippen LogP contribution in [0.3, 0.4) is 0 Å². The third-order valence-corrected chi connectivity index (χ3v) is 0.516. The predicted octanol–water partition coefficient (Wildman–Crippen LogP) is -12.1. The van der Waals surface area contributed by atoms with E-state index in [0.29, 0.717) is 0 Å². The zero-order chi connectivity index (χ0) is 17.1. The summed E-state index contributed by atoms with van der Waals surface area (Å²) in [6, 6.07) is 0. The fourth-order valence-corrected chi connectivity index (χ4v) is 0. The van der Waals surface area contributed by atoms with Gasteiger partial charge in [-0.25, -0.2) is 0 Å². The summed E-state index contributed by atoms with van der Waals surface area (Å²) in [4.78, 5) is 36.0. The Morgan fingerprint density at radius 1 is 0.545 bits per heavy atom. The van der Waals surface area contributed by atoms with Crippen molar-refractivity contribution in [1.29, 1.82) is 0 Å². The molecular formula is C8H12CrNaO12. The van der Waals surface area contributed by atoms with E-state index in [0.717, 1.165) is 0 Å². The molecule has 123 valence electrons. The molecule has 22 heavy (non-hydrogen) atoms. The van der Waals surface area contributed by atoms with Crippen LogP contribution >= 0.6 is 0 Å². The van der Waals surface area contributed by atoms with Crippen molar-refractivity contribution in [1.82, 2.24) is 0 Å². The Morgan fingerprint density at radius 2 is 0.591 bits per heavy atom. The van der Waals surface area contributed by atoms with E-state index in [4.69, 9.17) is 60.0 Å². The topological polar surface area (TPSA) is 241 Å². The Bertz CT molecular complexity index is 228. The van der Waals surface area contributed by atoms with Gasteiger partial charge in [0.15, 0.2) is 0 Å². The number of aliphatic hydroxyl groups excluding tert-OH is 4. The van der Waals surface area contributed by atoms with Crippen molar-refractivity contribution in [2.24, 2.45) is 0 Å². The molecule has 12 nitrogen and oxygen atoms in total. The quantitative estimate of drug-likeness (QED) is 0.335. The molecule has 0 rings (SSSR count). The number of carbonyl (C=O) groups is 4. The molecule has 0 aromatic carbocycles. The van der Waals surface area contributed by atoms with Crippen molar-refractivity contribution in [3.05, 3.63) is 0 Å². The van der Waals surface area contributed by atoms with Gasteiger partial charge in [0.25, 0.3) is 0 Å². The molecule has 0 aliphatic heterocycles. The molecule has 0 bridgehead atoms. The van der Waals surface area contributed by atoms with Crippen molar-refractivity contribution in [3.63, 3.8) is 0 Å². The van der Waals surface area contributed by atoms with Crippen LogP contribution in [0.5, 0.6) is 0 Å². The molecule has 0 amide bonds. The normalized spacial score (nSPS) is 6.73. The number of aliphatic carboxylic acids is 4. The van der Waals surface area contributed by atoms with E-state index in [1.54, 1.807) is 0 Å². The second-order valence-corrected chi connectivity index (χ2v) is 2.12. The average molecular weight is 375 g/mol. The Labute approximate surface area is 157 Å². The third-order valence-electron chi connectivity index (χ3n) is 0.516. The van der Waals surface area contributed by atoms with Crippen molar-refractivity contribution >= 4 is 23.9 Å². The fraction of sp³-hybridized carbons (Fsp3) is 0.500. The number of carboxylic acid groups (broad SMARTS) is 4. The number of hydrogen-bond donors (Lipinski definition) is 4. The van der Waals surface area contributed by atoms with Gasteiger partial charge in [-0.1, -0.05) is 0 Å². The van der Waals surface area contributed by atoms with Crippen molar-refractivity contribution in [2.75, 3.05) is 26.4 Å². The molecule has 0 heterocycles. The smallest absolute Gasteiger partial charge is 0.548 e. The predicted molar refractivity (Wildman–Crippen MR) is 48.4 cm³/mol. The van der Waals surface area contributed by atoms with Gasteiger partial charge in [0.2, 0.25) is 0 Å². The van der Waals surface area contributed by atoms with Gasteiger partial charge in [0.1, 0.15) is 0 Å². The molecule has 0 aliphatic carbocycles. The molecule has 0 spiro atoms. The molecule has 0 fully saturated rings. The minimum Gasteiger partial charge on any atom is -0.548 e. The summed E-state index contributed by atoms with van der Waals surface area (Å²) in [5.41, 5.74) is 0. The standard InChI is InChI=1S/4C2H4O3.Cr.Na/c4*3-1-2(4)5;;/h4*3H,1H2,(H,4,5);;/q;;;;+3;+1/p-4. The second kappa shape index (κ2) is 32.3. The van der Waals surface area contributed by atoms with Crippen LogP contribution < -0.4 is 50.0 Å². The summed E-state index contributed by atoms with van der Waals surface area (Å²) in [6.45, 7) is -3.56. The zero-order valence-corrected chi connectivity index (χ0v) is 14.6. The molecule has 0 saturated heterocycles. The molecule has 1 radical (unpaired) electrons. The molecular weight excluding hydrogens is 363 g/mol. The maximum absolute atomic E-state index is 9.01. The minimum absolute atomic E-state index is 0. The molecule has 0 unspecified atom stereocenters. The largest absolute Gasteiger partial charge is 3.00 e. The summed E-state index contributed by atoms with van der Waals surface area (Å²) in [7, 11) is 0. The molecule has 0 aromatic heterocycles. The van der Waals surface area contributed by atoms with Crippen LogP contribution in [0.1, 0.15) is 0 Å². The van der Waals surface area contributed by atoms with Crippen LogP contribution in [0.15, 0.2) is 0 Å². The van der Waals surface area contributed by atoms with Crippen LogP contribution in [0, 0.1) is 0 Å². The van der Waals surface area contributed by atoms with Gasteiger partial charge in [-0.2, -0.15) is 0 Å². The molecule has 0 aliphatic rings. The van der Waals surface area contributed by atoms with Crippen LogP contribution in [-0.2, 0) is 36.5 Å². The first-order valence-electron chi connectivity index (χ1n) is 4.31. The van der Waals surface area contributed by atoms with Gasteiger partial charge >= 0.3 is 46.9 Å². The summed E-state index contributed by atoms with van der Waals surface area (Å²) in [5.74, 6) is -5.76. The SMILES string of the molecule is O=C([O-])CO.O=C([O-])CO.O=C([O-])CO.O=C([O-])CO.[Cr+3].[Na+]. The Kier molecular flexibility index (Phi) is 55.0. The first-order chi connectivity index (χ1) is 9.08. The first-order valence-corrected chi connectivity index (χ1v) is 4.31. The van der Waals surface area contributed by atoms with E-state index < -0.39 is 50.3 Å². The van der Waals surface area contributed by atoms with Crippen molar-refractivity contribution in [2.45, 2.75) is 0 Å². The van der Waals surface area contributed by atoms with Gasteiger partial charge in [-0.15, -0.1) is 0 Å². The summed E-state index contributed by atoms with van der Waals surface area (Å²) in [5, 5.41) is 66.0. The third kappa shape index (κ3) is 122. The molecule has 14 heteroatoms. The molecule has 4 N–H and O–H groups in total. The van der Waals surface area contributed by atoms with Crippen LogP contribution in [-0.4, -0.2) is 70.7 Å². The number of rotatable bonds is 4. The van der Waals surface area contributed by atoms with Crippen LogP contribution in [0.4, 0.5) is 0 Å². The van der Waals surface area contributed by atoms with Gasteiger partial charge < -0.3 is 60.0 Å². The van der Waals surface area contributed by atoms with E-state index in [1.807, 2.05) is 0 Å². The van der Waals surface area contributed by atoms with Crippen molar-refractivity contribution in [3.8, 4) is 0 Å². The number of carbonyl (C=O) groups excluding carboxylic acids is 4. The Morgan fingerprint density at radius 3 is 0.591 bits per heavy atom. The van der Waals surface area contributed by atoms with Crippen molar-refractivity contribution < 1.29 is 107 Å². The zero-order valence-electron chi connectivity index (χ0n) is 11.3. The maximum atomic E-state index is 9.01. The number of aliphatic hydroxyl groups is 4. The summed E-state index contributed by atoms with van der Waals surface area (Å²) in [6.07, 6.45) is 0. The maximum Gasteiger partial charge on any atom is 3.00 e. The molecule has 0 saturated carbocycles. The second-order valence-electron chi connectivity index (χ2n) is 2.12. The van der Waals surface area contributed by atoms with Gasteiger partial charge in [0, 0.05) is 0 Å². The summed E-state index contributed by atoms with van der Waals surface area (Å²) >= 11 is 0. The van der Waals surface area contributed by atoms with Gasteiger partial charge in [0.05, 0.1) is 50.3 Å². The van der Waals surface area contributed by atoms with E-state index >= 15 is 0 Å². The Hall–Kier alpha value is -0.748. The van der Waals surface area contributed by atoms with E-state index in [2.05, 4.69) is 0 Å². The minimum atomic E-state index is -1.44. The van der Waals surface area contributed by atoms with E-state index in [1.165, 1.54) is 0 Å². The van der Waals surface area contributed by atoms with Gasteiger partial charge in [-0.3, -0.25) is 0 Å². The number of hydrogen-bond acceptors (Lipinski definition) is 12. The number of carboxylic acids is 4. The van der Waals surface area contributed by atoms with Crippen LogP contribution in [0.25, 0.3) is 0 Å². The van der Waals surface area contributed by atoms with E-state index in [-0.39, 0.29) is 46.9 Å². The first kappa shape index (κ1) is 37.5. The Balaban J connectivity index is -0.0000000376. The van der Waals surface area contributed by atoms with Crippen LogP contribution in [0.2, 0.25) is 0 Å². The molecule has 0 atom stereocenters. The van der Waals surface area contributed by atoms with Gasteiger partial charge in [-0.05, 0) is 0 Å². The summed E-state index contributed by atoms with van der Waals surface area (Å²) < 4.78 is 0.